The van der Waals surface area contributed by atoms with Crippen molar-refractivity contribution in [3.05, 3.63) is 35.4 Å². The maximum atomic E-state index is 11.9. The first-order valence-electron chi connectivity index (χ1n) is 6.32. The van der Waals surface area contributed by atoms with Gasteiger partial charge in [-0.05, 0) is 37.4 Å². The average Bonchev–Trinajstić information content (AvgIpc) is 2.80. The van der Waals surface area contributed by atoms with E-state index < -0.39 is 10.0 Å². The van der Waals surface area contributed by atoms with Gasteiger partial charge in [0.25, 0.3) is 0 Å². The summed E-state index contributed by atoms with van der Waals surface area (Å²) in [5.74, 6) is 0.179. The van der Waals surface area contributed by atoms with Crippen molar-refractivity contribution in [3.8, 4) is 0 Å². The van der Waals surface area contributed by atoms with Gasteiger partial charge < -0.3 is 5.32 Å². The highest BCUT2D eigenvalue weighted by Gasteiger charge is 2.21. The van der Waals surface area contributed by atoms with Crippen LogP contribution in [0.25, 0.3) is 0 Å². The Morgan fingerprint density at radius 3 is 2.83 bits per heavy atom. The number of hydrogen-bond acceptors (Lipinski definition) is 3. The van der Waals surface area contributed by atoms with E-state index in [-0.39, 0.29) is 11.8 Å². The molecule has 5 heteroatoms. The Bertz CT molecular complexity index is 493. The van der Waals surface area contributed by atoms with E-state index in [4.69, 9.17) is 0 Å². The summed E-state index contributed by atoms with van der Waals surface area (Å²) < 4.78 is 26.5. The van der Waals surface area contributed by atoms with Crippen molar-refractivity contribution >= 4 is 10.0 Å². The normalized spacial score (nSPS) is 20.2. The average molecular weight is 268 g/mol. The molecule has 1 aromatic rings. The van der Waals surface area contributed by atoms with Gasteiger partial charge in [-0.2, -0.15) is 0 Å². The number of nitrogens with one attached hydrogen (secondary N) is 2. The van der Waals surface area contributed by atoms with Gasteiger partial charge in [0.2, 0.25) is 10.0 Å². The number of aryl methyl sites for hydroxylation is 1. The standard InChI is InChI=1S/C13H20N2O2S/c1-11-5-2-3-6-12(11)9-15-18(16,17)10-13-7-4-8-14-13/h2-3,5-6,13-15H,4,7-10H2,1H3. The molecule has 2 N–H and O–H groups in total. The molecule has 1 aromatic carbocycles. The van der Waals surface area contributed by atoms with Crippen LogP contribution in [0, 0.1) is 6.92 Å². The molecule has 100 valence electrons. The first-order valence-corrected chi connectivity index (χ1v) is 7.97. The van der Waals surface area contributed by atoms with Gasteiger partial charge in [-0.25, -0.2) is 13.1 Å². The van der Waals surface area contributed by atoms with E-state index in [2.05, 4.69) is 10.0 Å². The highest BCUT2D eigenvalue weighted by atomic mass is 32.2. The predicted molar refractivity (Wildman–Crippen MR) is 72.8 cm³/mol. The lowest BCUT2D eigenvalue weighted by Crippen LogP contribution is -2.36. The van der Waals surface area contributed by atoms with E-state index in [1.54, 1.807) is 0 Å². The number of sulfonamides is 1. The topological polar surface area (TPSA) is 58.2 Å². The van der Waals surface area contributed by atoms with Crippen molar-refractivity contribution in [1.29, 1.82) is 0 Å². The minimum absolute atomic E-state index is 0.111. The fourth-order valence-electron chi connectivity index (χ4n) is 2.22. The van der Waals surface area contributed by atoms with E-state index >= 15 is 0 Å². The van der Waals surface area contributed by atoms with Gasteiger partial charge in [0.05, 0.1) is 5.75 Å². The molecule has 0 spiro atoms. The van der Waals surface area contributed by atoms with Gasteiger partial charge in [-0.1, -0.05) is 24.3 Å². The van der Waals surface area contributed by atoms with Crippen molar-refractivity contribution in [1.82, 2.24) is 10.0 Å². The van der Waals surface area contributed by atoms with E-state index in [1.807, 2.05) is 31.2 Å². The Morgan fingerprint density at radius 1 is 1.39 bits per heavy atom. The number of hydrogen-bond donors (Lipinski definition) is 2. The quantitative estimate of drug-likeness (QED) is 0.842. The zero-order valence-electron chi connectivity index (χ0n) is 10.6. The lowest BCUT2D eigenvalue weighted by Gasteiger charge is -2.12. The Kier molecular flexibility index (Phi) is 4.37. The molecule has 2 rings (SSSR count). The van der Waals surface area contributed by atoms with Crippen LogP contribution < -0.4 is 10.0 Å². The maximum absolute atomic E-state index is 11.9. The molecular formula is C13H20N2O2S. The molecule has 1 saturated heterocycles. The first kappa shape index (κ1) is 13.5. The van der Waals surface area contributed by atoms with Crippen molar-refractivity contribution in [2.45, 2.75) is 32.4 Å². The van der Waals surface area contributed by atoms with E-state index in [0.29, 0.717) is 6.54 Å². The molecule has 0 bridgehead atoms. The fourth-order valence-corrected chi connectivity index (χ4v) is 3.53. The van der Waals surface area contributed by atoms with Crippen LogP contribution in [0.5, 0.6) is 0 Å². The molecule has 1 atom stereocenters. The zero-order valence-corrected chi connectivity index (χ0v) is 11.5. The zero-order chi connectivity index (χ0) is 13.0. The Morgan fingerprint density at radius 2 is 2.17 bits per heavy atom. The third kappa shape index (κ3) is 3.80. The molecule has 4 nitrogen and oxygen atoms in total. The Balaban J connectivity index is 1.90. The lowest BCUT2D eigenvalue weighted by molar-refractivity contribution is 0.563. The van der Waals surface area contributed by atoms with Crippen LogP contribution in [-0.4, -0.2) is 26.8 Å². The molecule has 18 heavy (non-hydrogen) atoms. The van der Waals surface area contributed by atoms with Crippen LogP contribution in [0.2, 0.25) is 0 Å². The van der Waals surface area contributed by atoms with Gasteiger partial charge in [0.1, 0.15) is 0 Å². The largest absolute Gasteiger partial charge is 0.313 e. The monoisotopic (exact) mass is 268 g/mol. The van der Waals surface area contributed by atoms with Gasteiger partial charge >= 0.3 is 0 Å². The van der Waals surface area contributed by atoms with Gasteiger partial charge in [0.15, 0.2) is 0 Å². The van der Waals surface area contributed by atoms with Gasteiger partial charge in [-0.3, -0.25) is 0 Å². The second kappa shape index (κ2) is 5.82. The van der Waals surface area contributed by atoms with Crippen LogP contribution >= 0.6 is 0 Å². The van der Waals surface area contributed by atoms with Crippen molar-refractivity contribution in [2.75, 3.05) is 12.3 Å². The van der Waals surface area contributed by atoms with Crippen LogP contribution in [0.1, 0.15) is 24.0 Å². The van der Waals surface area contributed by atoms with Crippen molar-refractivity contribution < 1.29 is 8.42 Å². The van der Waals surface area contributed by atoms with Crippen LogP contribution in [-0.2, 0) is 16.6 Å². The lowest BCUT2D eigenvalue weighted by atomic mass is 10.1. The molecule has 1 unspecified atom stereocenters. The molecule has 1 aliphatic rings. The molecular weight excluding hydrogens is 248 g/mol. The van der Waals surface area contributed by atoms with Crippen molar-refractivity contribution in [3.63, 3.8) is 0 Å². The summed E-state index contributed by atoms with van der Waals surface area (Å²) >= 11 is 0. The van der Waals surface area contributed by atoms with Gasteiger partial charge in [0, 0.05) is 12.6 Å². The summed E-state index contributed by atoms with van der Waals surface area (Å²) in [6, 6.07) is 7.93. The summed E-state index contributed by atoms with van der Waals surface area (Å²) in [4.78, 5) is 0. The third-order valence-corrected chi connectivity index (χ3v) is 4.75. The summed E-state index contributed by atoms with van der Waals surface area (Å²) in [6.07, 6.45) is 2.02. The number of benzene rings is 1. The highest BCUT2D eigenvalue weighted by Crippen LogP contribution is 2.09. The number of rotatable bonds is 5. The fraction of sp³-hybridized carbons (Fsp3) is 0.538. The van der Waals surface area contributed by atoms with Crippen LogP contribution in [0.15, 0.2) is 24.3 Å². The van der Waals surface area contributed by atoms with Gasteiger partial charge in [-0.15, -0.1) is 0 Å². The highest BCUT2D eigenvalue weighted by molar-refractivity contribution is 7.89. The van der Waals surface area contributed by atoms with E-state index in [0.717, 1.165) is 30.5 Å². The molecule has 1 heterocycles. The summed E-state index contributed by atoms with van der Waals surface area (Å²) in [6.45, 7) is 3.29. The Labute approximate surface area is 109 Å². The summed E-state index contributed by atoms with van der Waals surface area (Å²) in [5, 5.41) is 3.20. The summed E-state index contributed by atoms with van der Waals surface area (Å²) in [5.41, 5.74) is 2.14. The first-order chi connectivity index (χ1) is 8.57. The molecule has 0 radical (unpaired) electrons. The molecule has 0 saturated carbocycles. The second-order valence-corrected chi connectivity index (χ2v) is 6.67. The van der Waals surface area contributed by atoms with Crippen LogP contribution in [0.3, 0.4) is 0 Å². The van der Waals surface area contributed by atoms with Crippen LogP contribution in [0.4, 0.5) is 0 Å². The SMILES string of the molecule is Cc1ccccc1CNS(=O)(=O)CC1CCCN1. The van der Waals surface area contributed by atoms with E-state index in [9.17, 15) is 8.42 Å². The minimum atomic E-state index is -3.19. The predicted octanol–water partition coefficient (Wildman–Crippen LogP) is 1.17. The molecule has 1 aliphatic heterocycles. The molecule has 0 aromatic heterocycles. The second-order valence-electron chi connectivity index (χ2n) is 4.82. The minimum Gasteiger partial charge on any atom is -0.313 e. The summed E-state index contributed by atoms with van der Waals surface area (Å²) in [7, 11) is -3.19. The maximum Gasteiger partial charge on any atom is 0.213 e. The smallest absolute Gasteiger partial charge is 0.213 e. The molecule has 0 amide bonds. The Hall–Kier alpha value is -0.910. The van der Waals surface area contributed by atoms with Crippen molar-refractivity contribution in [2.24, 2.45) is 0 Å². The van der Waals surface area contributed by atoms with E-state index in [1.165, 1.54) is 0 Å². The third-order valence-electron chi connectivity index (χ3n) is 3.33. The molecule has 1 fully saturated rings. The molecule has 0 aliphatic carbocycles.